The molecule has 0 aromatic rings. The number of hydroxylamine groups is 2. The molecule has 1 aliphatic rings. The van der Waals surface area contributed by atoms with Crippen LogP contribution in [0.3, 0.4) is 0 Å². The maximum absolute atomic E-state index is 5.35. The second-order valence-corrected chi connectivity index (χ2v) is 2.57. The van der Waals surface area contributed by atoms with Gasteiger partial charge in [-0.3, -0.25) is 4.84 Å². The lowest BCUT2D eigenvalue weighted by molar-refractivity contribution is -0.157. The molecule has 0 unspecified atom stereocenters. The van der Waals surface area contributed by atoms with Crippen LogP contribution in [-0.2, 0) is 4.84 Å². The summed E-state index contributed by atoms with van der Waals surface area (Å²) in [6.45, 7) is 6.43. The fourth-order valence-electron chi connectivity index (χ4n) is 1.15. The Morgan fingerprint density at radius 1 is 1.27 bits per heavy atom. The molecule has 1 saturated heterocycles. The van der Waals surface area contributed by atoms with Gasteiger partial charge in [-0.1, -0.05) is 12.5 Å². The summed E-state index contributed by atoms with van der Waals surface area (Å²) >= 11 is 0. The van der Waals surface area contributed by atoms with Crippen LogP contribution in [0.2, 0.25) is 0 Å². The van der Waals surface area contributed by atoms with Gasteiger partial charge in [-0.2, -0.15) is 5.06 Å². The van der Waals surface area contributed by atoms with E-state index in [2.05, 4.69) is 6.58 Å². The Kier molecular flexibility index (Phi) is 6.62. The highest BCUT2D eigenvalue weighted by Gasteiger charge is 2.08. The Morgan fingerprint density at radius 3 is 2.45 bits per heavy atom. The summed E-state index contributed by atoms with van der Waals surface area (Å²) in [6.07, 6.45) is 5.69. The Hall–Kier alpha value is -0.0500. The number of halogens is 1. The Balaban J connectivity index is 0.000001000. The summed E-state index contributed by atoms with van der Waals surface area (Å²) < 4.78 is 0. The smallest absolute Gasteiger partial charge is 0.0864 e. The standard InChI is InChI=1S/C8H15NO.ClH/c1-2-8-10-9-6-4-3-5-7-9;/h2H,1,3-8H2;1H. The van der Waals surface area contributed by atoms with E-state index < -0.39 is 0 Å². The van der Waals surface area contributed by atoms with E-state index in [1.807, 2.05) is 5.06 Å². The lowest BCUT2D eigenvalue weighted by Crippen LogP contribution is -2.29. The van der Waals surface area contributed by atoms with Gasteiger partial charge in [0.25, 0.3) is 0 Å². The SMILES string of the molecule is C=CCON1CCCCC1.Cl. The zero-order valence-corrected chi connectivity index (χ0v) is 7.61. The minimum Gasteiger partial charge on any atom is -0.295 e. The first-order valence-electron chi connectivity index (χ1n) is 3.92. The molecule has 0 aliphatic carbocycles. The van der Waals surface area contributed by atoms with E-state index in [1.165, 1.54) is 19.3 Å². The van der Waals surface area contributed by atoms with E-state index in [1.54, 1.807) is 6.08 Å². The van der Waals surface area contributed by atoms with Crippen LogP contribution in [0.5, 0.6) is 0 Å². The number of nitrogens with zero attached hydrogens (tertiary/aromatic N) is 1. The molecule has 0 N–H and O–H groups in total. The van der Waals surface area contributed by atoms with Crippen molar-refractivity contribution in [2.24, 2.45) is 0 Å². The van der Waals surface area contributed by atoms with Crippen molar-refractivity contribution < 1.29 is 4.84 Å². The second kappa shape index (κ2) is 6.65. The minimum atomic E-state index is 0. The maximum atomic E-state index is 5.35. The van der Waals surface area contributed by atoms with Crippen LogP contribution < -0.4 is 0 Å². The van der Waals surface area contributed by atoms with Gasteiger partial charge in [-0.15, -0.1) is 19.0 Å². The van der Waals surface area contributed by atoms with Gasteiger partial charge < -0.3 is 0 Å². The molecule has 0 saturated carbocycles. The van der Waals surface area contributed by atoms with Gasteiger partial charge in [0.15, 0.2) is 0 Å². The Morgan fingerprint density at radius 2 is 1.91 bits per heavy atom. The van der Waals surface area contributed by atoms with Crippen LogP contribution in [0.15, 0.2) is 12.7 Å². The van der Waals surface area contributed by atoms with Crippen molar-refractivity contribution in [3.05, 3.63) is 12.7 Å². The summed E-state index contributed by atoms with van der Waals surface area (Å²) in [5.41, 5.74) is 0. The van der Waals surface area contributed by atoms with Crippen molar-refractivity contribution in [2.75, 3.05) is 19.7 Å². The molecule has 0 atom stereocenters. The number of rotatable bonds is 3. The van der Waals surface area contributed by atoms with E-state index >= 15 is 0 Å². The summed E-state index contributed by atoms with van der Waals surface area (Å²) in [6, 6.07) is 0. The van der Waals surface area contributed by atoms with E-state index in [9.17, 15) is 0 Å². The lowest BCUT2D eigenvalue weighted by atomic mass is 10.2. The molecule has 1 heterocycles. The number of piperidine rings is 1. The molecular formula is C8H16ClNO. The predicted molar refractivity (Wildman–Crippen MR) is 48.8 cm³/mol. The molecule has 0 aromatic carbocycles. The average Bonchev–Trinajstić information content (AvgIpc) is 2.03. The van der Waals surface area contributed by atoms with Crippen LogP contribution in [0.1, 0.15) is 19.3 Å². The van der Waals surface area contributed by atoms with Crippen molar-refractivity contribution in [2.45, 2.75) is 19.3 Å². The Labute approximate surface area is 74.6 Å². The molecule has 2 nitrogen and oxygen atoms in total. The molecule has 0 aromatic heterocycles. The van der Waals surface area contributed by atoms with Gasteiger partial charge >= 0.3 is 0 Å². The normalized spacial score (nSPS) is 18.9. The second-order valence-electron chi connectivity index (χ2n) is 2.57. The fourth-order valence-corrected chi connectivity index (χ4v) is 1.15. The first-order valence-corrected chi connectivity index (χ1v) is 3.92. The van der Waals surface area contributed by atoms with Gasteiger partial charge in [0.1, 0.15) is 0 Å². The summed E-state index contributed by atoms with van der Waals surface area (Å²) in [7, 11) is 0. The maximum Gasteiger partial charge on any atom is 0.0864 e. The molecule has 3 heteroatoms. The third-order valence-electron chi connectivity index (χ3n) is 1.69. The number of hydrogen-bond acceptors (Lipinski definition) is 2. The molecule has 1 fully saturated rings. The average molecular weight is 178 g/mol. The first-order chi connectivity index (χ1) is 4.93. The van der Waals surface area contributed by atoms with Crippen molar-refractivity contribution in [3.8, 4) is 0 Å². The first kappa shape index (κ1) is 11.0. The van der Waals surface area contributed by atoms with Crippen LogP contribution in [0.25, 0.3) is 0 Å². The van der Waals surface area contributed by atoms with Crippen molar-refractivity contribution >= 4 is 12.4 Å². The third kappa shape index (κ3) is 4.40. The lowest BCUT2D eigenvalue weighted by Gasteiger charge is -2.24. The predicted octanol–water partition coefficient (Wildman–Crippen LogP) is 2.01. The molecule has 0 radical (unpaired) electrons. The highest BCUT2D eigenvalue weighted by atomic mass is 35.5. The van der Waals surface area contributed by atoms with Crippen LogP contribution in [0.4, 0.5) is 0 Å². The molecule has 1 rings (SSSR count). The summed E-state index contributed by atoms with van der Waals surface area (Å²) in [4.78, 5) is 5.35. The van der Waals surface area contributed by atoms with Gasteiger partial charge in [0.05, 0.1) is 6.61 Å². The van der Waals surface area contributed by atoms with E-state index in [0.29, 0.717) is 6.61 Å². The molecule has 11 heavy (non-hydrogen) atoms. The van der Waals surface area contributed by atoms with E-state index in [-0.39, 0.29) is 12.4 Å². The zero-order valence-electron chi connectivity index (χ0n) is 6.79. The van der Waals surface area contributed by atoms with E-state index in [0.717, 1.165) is 13.1 Å². The molecule has 0 bridgehead atoms. The van der Waals surface area contributed by atoms with Crippen molar-refractivity contribution in [1.29, 1.82) is 0 Å². The van der Waals surface area contributed by atoms with Crippen molar-refractivity contribution in [3.63, 3.8) is 0 Å². The fraction of sp³-hybridized carbons (Fsp3) is 0.750. The van der Waals surface area contributed by atoms with Gasteiger partial charge in [0, 0.05) is 13.1 Å². The van der Waals surface area contributed by atoms with Crippen LogP contribution >= 0.6 is 12.4 Å². The van der Waals surface area contributed by atoms with Gasteiger partial charge in [-0.05, 0) is 12.8 Å². The summed E-state index contributed by atoms with van der Waals surface area (Å²) in [5, 5.41) is 2.03. The molecule has 0 amide bonds. The van der Waals surface area contributed by atoms with Crippen LogP contribution in [0, 0.1) is 0 Å². The molecule has 0 spiro atoms. The van der Waals surface area contributed by atoms with Gasteiger partial charge in [0.2, 0.25) is 0 Å². The highest BCUT2D eigenvalue weighted by molar-refractivity contribution is 5.85. The monoisotopic (exact) mass is 177 g/mol. The van der Waals surface area contributed by atoms with Crippen molar-refractivity contribution in [1.82, 2.24) is 5.06 Å². The quantitative estimate of drug-likeness (QED) is 0.612. The largest absolute Gasteiger partial charge is 0.295 e. The molecule has 66 valence electrons. The molecule has 1 aliphatic heterocycles. The topological polar surface area (TPSA) is 12.5 Å². The number of hydrogen-bond donors (Lipinski definition) is 0. The van der Waals surface area contributed by atoms with E-state index in [4.69, 9.17) is 4.84 Å². The highest BCUT2D eigenvalue weighted by Crippen LogP contribution is 2.08. The third-order valence-corrected chi connectivity index (χ3v) is 1.69. The summed E-state index contributed by atoms with van der Waals surface area (Å²) in [5.74, 6) is 0. The Bertz CT molecular complexity index is 102. The van der Waals surface area contributed by atoms with Gasteiger partial charge in [-0.25, -0.2) is 0 Å². The zero-order chi connectivity index (χ0) is 7.23. The minimum absolute atomic E-state index is 0. The molecular weight excluding hydrogens is 162 g/mol. The van der Waals surface area contributed by atoms with Crippen LogP contribution in [-0.4, -0.2) is 24.8 Å².